The second-order valence-corrected chi connectivity index (χ2v) is 9.82. The molecule has 0 radical (unpaired) electrons. The molecule has 1 heterocycles. The van der Waals surface area contributed by atoms with Gasteiger partial charge in [-0.15, -0.1) is 0 Å². The fourth-order valence-corrected chi connectivity index (χ4v) is 6.83. The first-order valence-corrected chi connectivity index (χ1v) is 11.2. The van der Waals surface area contributed by atoms with Gasteiger partial charge in [-0.3, -0.25) is 9.59 Å². The topological polar surface area (TPSA) is 65.1 Å². The molecule has 4 fully saturated rings. The summed E-state index contributed by atoms with van der Waals surface area (Å²) >= 11 is 0. The van der Waals surface area contributed by atoms with Gasteiger partial charge >= 0.3 is 5.97 Å². The molecule has 4 aliphatic carbocycles. The second-order valence-electron chi connectivity index (χ2n) is 9.82. The van der Waals surface area contributed by atoms with Crippen molar-refractivity contribution in [2.24, 2.45) is 23.2 Å². The summed E-state index contributed by atoms with van der Waals surface area (Å²) in [5.41, 5.74) is 1.91. The molecule has 30 heavy (non-hydrogen) atoms. The molecule has 0 aromatic heterocycles. The molecule has 0 spiro atoms. The third kappa shape index (κ3) is 3.34. The van der Waals surface area contributed by atoms with E-state index >= 15 is 0 Å². The smallest absolute Gasteiger partial charge is 0.312 e. The Balaban J connectivity index is 1.21. The van der Waals surface area contributed by atoms with Gasteiger partial charge in [-0.25, -0.2) is 0 Å². The maximum atomic E-state index is 13.0. The summed E-state index contributed by atoms with van der Waals surface area (Å²) < 4.78 is 16.4. The average Bonchev–Trinajstić information content (AvgIpc) is 2.74. The van der Waals surface area contributed by atoms with E-state index in [1.807, 2.05) is 12.1 Å². The van der Waals surface area contributed by atoms with Crippen molar-refractivity contribution in [1.29, 1.82) is 0 Å². The van der Waals surface area contributed by atoms with Crippen molar-refractivity contribution in [1.82, 2.24) is 4.90 Å². The number of nitrogens with zero attached hydrogens (tertiary/aromatic N) is 1. The number of esters is 1. The van der Waals surface area contributed by atoms with Gasteiger partial charge < -0.3 is 19.1 Å². The summed E-state index contributed by atoms with van der Waals surface area (Å²) in [6, 6.07) is 3.93. The highest BCUT2D eigenvalue weighted by Gasteiger charge is 2.55. The largest absolute Gasteiger partial charge is 0.493 e. The fourth-order valence-electron chi connectivity index (χ4n) is 6.83. The molecule has 4 bridgehead atoms. The maximum absolute atomic E-state index is 13.0. The quantitative estimate of drug-likeness (QED) is 0.693. The molecule has 0 unspecified atom stereocenters. The minimum atomic E-state index is -0.312. The Morgan fingerprint density at radius 3 is 2.10 bits per heavy atom. The number of carbonyl (C=O) groups excluding carboxylic acids is 2. The van der Waals surface area contributed by atoms with Crippen LogP contribution in [0.15, 0.2) is 12.1 Å². The lowest BCUT2D eigenvalue weighted by Crippen LogP contribution is -2.51. The summed E-state index contributed by atoms with van der Waals surface area (Å²) in [7, 11) is 3.24. The number of fused-ring (bicyclic) bond motifs is 1. The van der Waals surface area contributed by atoms with E-state index in [4.69, 9.17) is 14.2 Å². The van der Waals surface area contributed by atoms with E-state index in [1.54, 1.807) is 19.1 Å². The van der Waals surface area contributed by atoms with Gasteiger partial charge in [-0.05, 0) is 86.0 Å². The number of hydrogen-bond acceptors (Lipinski definition) is 5. The van der Waals surface area contributed by atoms with Crippen LogP contribution in [0.4, 0.5) is 0 Å². The number of amides is 1. The Bertz CT molecular complexity index is 828. The van der Waals surface area contributed by atoms with Crippen molar-refractivity contribution in [3.63, 3.8) is 0 Å². The molecule has 0 N–H and O–H groups in total. The van der Waals surface area contributed by atoms with Crippen LogP contribution in [0.3, 0.4) is 0 Å². The summed E-state index contributed by atoms with van der Waals surface area (Å²) in [5, 5.41) is 0. The summed E-state index contributed by atoms with van der Waals surface area (Å²) in [4.78, 5) is 27.6. The van der Waals surface area contributed by atoms with Crippen LogP contribution in [-0.4, -0.2) is 44.1 Å². The molecule has 1 aliphatic heterocycles. The Morgan fingerprint density at radius 2 is 1.53 bits per heavy atom. The maximum Gasteiger partial charge on any atom is 0.312 e. The lowest BCUT2D eigenvalue weighted by molar-refractivity contribution is -0.174. The van der Waals surface area contributed by atoms with Crippen LogP contribution >= 0.6 is 0 Å². The van der Waals surface area contributed by atoms with Crippen molar-refractivity contribution >= 4 is 11.9 Å². The average molecular weight is 414 g/mol. The van der Waals surface area contributed by atoms with E-state index in [2.05, 4.69) is 0 Å². The lowest BCUT2D eigenvalue weighted by atomic mass is 9.49. The van der Waals surface area contributed by atoms with E-state index in [0.29, 0.717) is 42.3 Å². The number of hydrogen-bond donors (Lipinski definition) is 0. The van der Waals surface area contributed by atoms with Gasteiger partial charge in [0, 0.05) is 13.1 Å². The molecule has 6 nitrogen and oxygen atoms in total. The SMILES string of the molecule is COc1cc2c(cc1OC)CN(C(=O)COC(=O)C13CC4CC(CC(C4)C1)C3)CC2. The highest BCUT2D eigenvalue weighted by atomic mass is 16.5. The van der Waals surface area contributed by atoms with Gasteiger partial charge in [0.15, 0.2) is 18.1 Å². The molecule has 5 aliphatic rings. The molecule has 162 valence electrons. The lowest BCUT2D eigenvalue weighted by Gasteiger charge is -2.55. The van der Waals surface area contributed by atoms with Crippen LogP contribution in [0.5, 0.6) is 11.5 Å². The second kappa shape index (κ2) is 7.47. The zero-order chi connectivity index (χ0) is 20.9. The molecule has 0 atom stereocenters. The van der Waals surface area contributed by atoms with Gasteiger partial charge in [0.2, 0.25) is 0 Å². The zero-order valence-corrected chi connectivity index (χ0v) is 17.9. The standard InChI is InChI=1S/C24H31NO5/c1-28-20-8-18-3-4-25(13-19(18)9-21(20)29-2)22(26)14-30-23(27)24-10-15-5-16(11-24)7-17(6-15)12-24/h8-9,15-17H,3-7,10-14H2,1-2H3. The normalized spacial score (nSPS) is 31.3. The van der Waals surface area contributed by atoms with E-state index in [1.165, 1.54) is 24.8 Å². The zero-order valence-electron chi connectivity index (χ0n) is 17.9. The number of benzene rings is 1. The third-order valence-electron chi connectivity index (χ3n) is 7.87. The Labute approximate surface area is 177 Å². The van der Waals surface area contributed by atoms with Gasteiger partial charge in [0.1, 0.15) is 0 Å². The Hall–Kier alpha value is -2.24. The third-order valence-corrected chi connectivity index (χ3v) is 7.87. The number of carbonyl (C=O) groups is 2. The van der Waals surface area contributed by atoms with Crippen LogP contribution in [-0.2, 0) is 27.3 Å². The van der Waals surface area contributed by atoms with E-state index in [9.17, 15) is 9.59 Å². The predicted molar refractivity (Wildman–Crippen MR) is 110 cm³/mol. The molecule has 1 aromatic rings. The van der Waals surface area contributed by atoms with Gasteiger partial charge in [-0.2, -0.15) is 0 Å². The molecular weight excluding hydrogens is 382 g/mol. The molecule has 4 saturated carbocycles. The first kappa shape index (κ1) is 19.7. The monoisotopic (exact) mass is 413 g/mol. The first-order chi connectivity index (χ1) is 14.5. The molecular formula is C24H31NO5. The van der Waals surface area contributed by atoms with E-state index < -0.39 is 0 Å². The highest BCUT2D eigenvalue weighted by molar-refractivity contribution is 5.83. The van der Waals surface area contributed by atoms with Crippen LogP contribution in [0.2, 0.25) is 0 Å². The van der Waals surface area contributed by atoms with E-state index in [0.717, 1.165) is 31.2 Å². The predicted octanol–water partition coefficient (Wildman–Crippen LogP) is 3.35. The molecule has 1 aromatic carbocycles. The van der Waals surface area contributed by atoms with Gasteiger partial charge in [-0.1, -0.05) is 0 Å². The number of methoxy groups -OCH3 is 2. The van der Waals surface area contributed by atoms with Crippen molar-refractivity contribution in [2.45, 2.75) is 51.5 Å². The van der Waals surface area contributed by atoms with Crippen molar-refractivity contribution in [2.75, 3.05) is 27.4 Å². The van der Waals surface area contributed by atoms with Crippen LogP contribution < -0.4 is 9.47 Å². The van der Waals surface area contributed by atoms with Crippen molar-refractivity contribution in [3.8, 4) is 11.5 Å². The fraction of sp³-hybridized carbons (Fsp3) is 0.667. The number of rotatable bonds is 5. The van der Waals surface area contributed by atoms with Crippen LogP contribution in [0.1, 0.15) is 49.7 Å². The van der Waals surface area contributed by atoms with E-state index in [-0.39, 0.29) is 23.9 Å². The van der Waals surface area contributed by atoms with Crippen molar-refractivity contribution < 1.29 is 23.8 Å². The molecule has 6 heteroatoms. The molecule has 1 amide bonds. The Morgan fingerprint density at radius 1 is 0.967 bits per heavy atom. The Kier molecular flexibility index (Phi) is 4.91. The van der Waals surface area contributed by atoms with Crippen LogP contribution in [0.25, 0.3) is 0 Å². The first-order valence-electron chi connectivity index (χ1n) is 11.2. The van der Waals surface area contributed by atoms with Crippen LogP contribution in [0, 0.1) is 23.2 Å². The molecule has 6 rings (SSSR count). The molecule has 0 saturated heterocycles. The minimum absolute atomic E-state index is 0.117. The summed E-state index contributed by atoms with van der Waals surface area (Å²) in [6.07, 6.45) is 7.50. The highest BCUT2D eigenvalue weighted by Crippen LogP contribution is 2.60. The number of ether oxygens (including phenoxy) is 3. The van der Waals surface area contributed by atoms with Crippen molar-refractivity contribution in [3.05, 3.63) is 23.3 Å². The van der Waals surface area contributed by atoms with Gasteiger partial charge in [0.25, 0.3) is 5.91 Å². The summed E-state index contributed by atoms with van der Waals surface area (Å²) in [6.45, 7) is 0.975. The van der Waals surface area contributed by atoms with Gasteiger partial charge in [0.05, 0.1) is 19.6 Å². The minimum Gasteiger partial charge on any atom is -0.493 e. The summed E-state index contributed by atoms with van der Waals surface area (Å²) in [5.74, 6) is 3.19.